The van der Waals surface area contributed by atoms with Crippen LogP contribution in [0.15, 0.2) is 35.7 Å². The van der Waals surface area contributed by atoms with E-state index in [0.717, 1.165) is 11.3 Å². The Hall–Kier alpha value is -2.59. The molecule has 28 heavy (non-hydrogen) atoms. The molecule has 2 aromatic heterocycles. The summed E-state index contributed by atoms with van der Waals surface area (Å²) in [5.74, 6) is 1.82. The third-order valence-electron chi connectivity index (χ3n) is 4.02. The minimum absolute atomic E-state index is 0.0430. The number of aryl methyl sites for hydroxylation is 1. The molecule has 0 aliphatic carbocycles. The summed E-state index contributed by atoms with van der Waals surface area (Å²) >= 11 is 7.39. The molecule has 3 rings (SSSR count). The molecule has 1 aromatic carbocycles. The van der Waals surface area contributed by atoms with Crippen LogP contribution in [-0.2, 0) is 12.4 Å². The van der Waals surface area contributed by atoms with E-state index in [1.165, 1.54) is 28.8 Å². The van der Waals surface area contributed by atoms with Gasteiger partial charge in [0.2, 0.25) is 0 Å². The SMILES string of the molecule is CCn1c(SCn2cc([N+](=O)[O-])cn2)nnc1C(C)Oc1ccc(Cl)cc1C. The highest BCUT2D eigenvalue weighted by Gasteiger charge is 2.20. The number of ether oxygens (including phenoxy) is 1. The number of hydrogen-bond acceptors (Lipinski definition) is 7. The zero-order chi connectivity index (χ0) is 20.3. The lowest BCUT2D eigenvalue weighted by Gasteiger charge is -2.17. The Kier molecular flexibility index (Phi) is 6.20. The van der Waals surface area contributed by atoms with E-state index >= 15 is 0 Å². The first-order chi connectivity index (χ1) is 13.4. The van der Waals surface area contributed by atoms with E-state index in [4.69, 9.17) is 16.3 Å². The van der Waals surface area contributed by atoms with Crippen LogP contribution in [0.2, 0.25) is 5.02 Å². The van der Waals surface area contributed by atoms with Crippen molar-refractivity contribution in [2.45, 2.75) is 44.5 Å². The Balaban J connectivity index is 1.72. The first kappa shape index (κ1) is 20.2. The number of nitrogens with zero attached hydrogens (tertiary/aromatic N) is 6. The maximum Gasteiger partial charge on any atom is 0.307 e. The van der Waals surface area contributed by atoms with Gasteiger partial charge < -0.3 is 9.30 Å². The van der Waals surface area contributed by atoms with Gasteiger partial charge in [-0.2, -0.15) is 5.10 Å². The molecule has 0 N–H and O–H groups in total. The third kappa shape index (κ3) is 4.45. The maximum absolute atomic E-state index is 10.8. The summed E-state index contributed by atoms with van der Waals surface area (Å²) < 4.78 is 9.50. The van der Waals surface area contributed by atoms with Crippen molar-refractivity contribution in [3.05, 3.63) is 57.1 Å². The molecule has 3 aromatic rings. The molecule has 11 heteroatoms. The second kappa shape index (κ2) is 8.61. The first-order valence-electron chi connectivity index (χ1n) is 8.54. The van der Waals surface area contributed by atoms with Crippen LogP contribution in [0.1, 0.15) is 31.3 Å². The molecule has 0 fully saturated rings. The summed E-state index contributed by atoms with van der Waals surface area (Å²) in [6.45, 7) is 6.51. The van der Waals surface area contributed by atoms with E-state index in [1.54, 1.807) is 6.07 Å². The molecule has 0 saturated heterocycles. The van der Waals surface area contributed by atoms with E-state index in [9.17, 15) is 10.1 Å². The Morgan fingerprint density at radius 3 is 2.82 bits per heavy atom. The smallest absolute Gasteiger partial charge is 0.307 e. The molecule has 0 amide bonds. The Labute approximate surface area is 170 Å². The number of aromatic nitrogens is 5. The van der Waals surface area contributed by atoms with Crippen molar-refractivity contribution in [1.29, 1.82) is 0 Å². The first-order valence-corrected chi connectivity index (χ1v) is 9.91. The molecule has 1 atom stereocenters. The normalized spacial score (nSPS) is 12.1. The van der Waals surface area contributed by atoms with E-state index in [-0.39, 0.29) is 11.8 Å². The molecule has 0 bridgehead atoms. The summed E-state index contributed by atoms with van der Waals surface area (Å²) in [4.78, 5) is 10.3. The summed E-state index contributed by atoms with van der Waals surface area (Å²) in [6, 6.07) is 5.46. The van der Waals surface area contributed by atoms with Crippen LogP contribution in [0.3, 0.4) is 0 Å². The van der Waals surface area contributed by atoms with Crippen molar-refractivity contribution >= 4 is 29.1 Å². The number of benzene rings is 1. The molecular weight excluding hydrogens is 404 g/mol. The highest BCUT2D eigenvalue weighted by atomic mass is 35.5. The molecule has 0 aliphatic heterocycles. The molecule has 9 nitrogen and oxygen atoms in total. The van der Waals surface area contributed by atoms with Crippen LogP contribution in [0.5, 0.6) is 5.75 Å². The van der Waals surface area contributed by atoms with E-state index in [1.807, 2.05) is 37.5 Å². The van der Waals surface area contributed by atoms with Crippen LogP contribution in [0, 0.1) is 17.0 Å². The van der Waals surface area contributed by atoms with Crippen molar-refractivity contribution in [3.8, 4) is 5.75 Å². The fourth-order valence-electron chi connectivity index (χ4n) is 2.63. The topological polar surface area (TPSA) is 101 Å². The average Bonchev–Trinajstić information content (AvgIpc) is 3.28. The molecule has 2 heterocycles. The Morgan fingerprint density at radius 2 is 2.18 bits per heavy atom. The van der Waals surface area contributed by atoms with Crippen molar-refractivity contribution in [2.24, 2.45) is 0 Å². The molecular formula is C17H19ClN6O3S. The zero-order valence-corrected chi connectivity index (χ0v) is 17.1. The summed E-state index contributed by atoms with van der Waals surface area (Å²) in [6.07, 6.45) is 2.30. The third-order valence-corrected chi connectivity index (χ3v) is 5.21. The number of rotatable bonds is 8. The van der Waals surface area contributed by atoms with Gasteiger partial charge in [-0.1, -0.05) is 23.4 Å². The van der Waals surface area contributed by atoms with E-state index in [0.29, 0.717) is 28.4 Å². The van der Waals surface area contributed by atoms with Crippen LogP contribution in [0.25, 0.3) is 0 Å². The number of nitro groups is 1. The van der Waals surface area contributed by atoms with Gasteiger partial charge in [0.15, 0.2) is 17.1 Å². The average molecular weight is 423 g/mol. The van der Waals surface area contributed by atoms with Gasteiger partial charge in [-0.3, -0.25) is 14.8 Å². The van der Waals surface area contributed by atoms with Crippen LogP contribution in [-0.4, -0.2) is 29.5 Å². The van der Waals surface area contributed by atoms with Gasteiger partial charge in [-0.15, -0.1) is 10.2 Å². The van der Waals surface area contributed by atoms with Crippen LogP contribution < -0.4 is 4.74 Å². The van der Waals surface area contributed by atoms with Gasteiger partial charge in [0, 0.05) is 11.6 Å². The molecule has 0 saturated carbocycles. The quantitative estimate of drug-likeness (QED) is 0.303. The second-order valence-corrected chi connectivity index (χ2v) is 7.37. The lowest BCUT2D eigenvalue weighted by atomic mass is 10.2. The fraction of sp³-hybridized carbons (Fsp3) is 0.353. The van der Waals surface area contributed by atoms with E-state index in [2.05, 4.69) is 15.3 Å². The van der Waals surface area contributed by atoms with Gasteiger partial charge >= 0.3 is 5.69 Å². The summed E-state index contributed by atoms with van der Waals surface area (Å²) in [5.41, 5.74) is 0.899. The van der Waals surface area contributed by atoms with Gasteiger partial charge in [0.25, 0.3) is 0 Å². The minimum atomic E-state index is -0.474. The zero-order valence-electron chi connectivity index (χ0n) is 15.6. The van der Waals surface area contributed by atoms with Gasteiger partial charge in [0.1, 0.15) is 18.1 Å². The predicted molar refractivity (Wildman–Crippen MR) is 106 cm³/mol. The molecule has 0 aliphatic rings. The van der Waals surface area contributed by atoms with Gasteiger partial charge in [-0.05, 0) is 44.5 Å². The molecule has 0 spiro atoms. The van der Waals surface area contributed by atoms with Crippen molar-refractivity contribution in [2.75, 3.05) is 0 Å². The molecule has 0 radical (unpaired) electrons. The summed E-state index contributed by atoms with van der Waals surface area (Å²) in [5, 5.41) is 24.6. The highest BCUT2D eigenvalue weighted by Crippen LogP contribution is 2.28. The van der Waals surface area contributed by atoms with Crippen molar-refractivity contribution in [3.63, 3.8) is 0 Å². The van der Waals surface area contributed by atoms with E-state index < -0.39 is 4.92 Å². The van der Waals surface area contributed by atoms with Crippen LogP contribution in [0.4, 0.5) is 5.69 Å². The molecule has 148 valence electrons. The second-order valence-electron chi connectivity index (χ2n) is 6.02. The Morgan fingerprint density at radius 1 is 1.39 bits per heavy atom. The maximum atomic E-state index is 10.8. The molecule has 1 unspecified atom stereocenters. The number of hydrogen-bond donors (Lipinski definition) is 0. The monoisotopic (exact) mass is 422 g/mol. The summed E-state index contributed by atoms with van der Waals surface area (Å²) in [7, 11) is 0. The number of thioether (sulfide) groups is 1. The largest absolute Gasteiger partial charge is 0.482 e. The lowest BCUT2D eigenvalue weighted by Crippen LogP contribution is -2.12. The highest BCUT2D eigenvalue weighted by molar-refractivity contribution is 7.98. The standard InChI is InChI=1S/C17H19ClN6O3S/c1-4-23-16(12(3)27-15-6-5-13(18)7-11(15)2)20-21-17(23)28-10-22-9-14(8-19-22)24(25)26/h5-9,12H,4,10H2,1-3H3. The lowest BCUT2D eigenvalue weighted by molar-refractivity contribution is -0.385. The predicted octanol–water partition coefficient (Wildman–Crippen LogP) is 4.25. The number of halogens is 1. The minimum Gasteiger partial charge on any atom is -0.482 e. The van der Waals surface area contributed by atoms with Gasteiger partial charge in [0.05, 0.1) is 10.8 Å². The fourth-order valence-corrected chi connectivity index (χ4v) is 3.73. The van der Waals surface area contributed by atoms with Crippen LogP contribution >= 0.6 is 23.4 Å². The van der Waals surface area contributed by atoms with Gasteiger partial charge in [-0.25, -0.2) is 0 Å². The Bertz CT molecular complexity index is 989. The van der Waals surface area contributed by atoms with Crippen molar-refractivity contribution in [1.82, 2.24) is 24.5 Å². The van der Waals surface area contributed by atoms with Crippen molar-refractivity contribution < 1.29 is 9.66 Å².